The van der Waals surface area contributed by atoms with Crippen molar-refractivity contribution in [1.29, 1.82) is 0 Å². The van der Waals surface area contributed by atoms with Crippen LogP contribution < -0.4 is 0 Å². The first kappa shape index (κ1) is 9.56. The molecule has 74 valence electrons. The Morgan fingerprint density at radius 2 is 2.21 bits per heavy atom. The first-order valence-electron chi connectivity index (χ1n) is 3.36. The second-order valence-electron chi connectivity index (χ2n) is 2.29. The molecule has 9 heteroatoms. The second-order valence-corrected chi connectivity index (χ2v) is 6.17. The molecule has 0 fully saturated rings. The number of rotatable bonds is 2. The molecular formula is C5H3ClN4O2S2. The molecule has 2 aromatic rings. The van der Waals surface area contributed by atoms with Crippen LogP contribution in [0.3, 0.4) is 0 Å². The summed E-state index contributed by atoms with van der Waals surface area (Å²) in [6, 6.07) is 2.98. The summed E-state index contributed by atoms with van der Waals surface area (Å²) in [6.07, 6.45) is 0. The van der Waals surface area contributed by atoms with E-state index in [2.05, 4.69) is 20.6 Å². The highest BCUT2D eigenvalue weighted by atomic mass is 35.7. The van der Waals surface area contributed by atoms with Gasteiger partial charge in [-0.1, -0.05) is 0 Å². The van der Waals surface area contributed by atoms with Gasteiger partial charge < -0.3 is 0 Å². The quantitative estimate of drug-likeness (QED) is 0.799. The fourth-order valence-corrected chi connectivity index (χ4v) is 2.84. The Kier molecular flexibility index (Phi) is 2.25. The van der Waals surface area contributed by atoms with Crippen LogP contribution in [0.2, 0.25) is 0 Å². The maximum atomic E-state index is 10.9. The Hall–Kier alpha value is -0.990. The van der Waals surface area contributed by atoms with E-state index < -0.39 is 9.05 Å². The van der Waals surface area contributed by atoms with Crippen molar-refractivity contribution in [2.24, 2.45) is 0 Å². The lowest BCUT2D eigenvalue weighted by Gasteiger charge is -1.85. The summed E-state index contributed by atoms with van der Waals surface area (Å²) >= 11 is 0.993. The standard InChI is InChI=1S/C5H3ClN4O2S2/c6-14(11,12)4-2-1-3(13-4)5-7-9-10-8-5/h1-2H,(H,7,8,9,10). The zero-order chi connectivity index (χ0) is 10.2. The molecule has 0 aliphatic rings. The van der Waals surface area contributed by atoms with Crippen LogP contribution in [-0.4, -0.2) is 29.0 Å². The zero-order valence-corrected chi connectivity index (χ0v) is 8.90. The zero-order valence-electron chi connectivity index (χ0n) is 6.51. The van der Waals surface area contributed by atoms with Gasteiger partial charge in [0.1, 0.15) is 4.21 Å². The largest absolute Gasteiger partial charge is 0.270 e. The van der Waals surface area contributed by atoms with Crippen LogP contribution >= 0.6 is 22.0 Å². The normalized spacial score (nSPS) is 11.8. The number of hydrogen-bond donors (Lipinski definition) is 1. The molecule has 0 unspecified atom stereocenters. The number of tetrazole rings is 1. The van der Waals surface area contributed by atoms with Crippen LogP contribution in [0.5, 0.6) is 0 Å². The Morgan fingerprint density at radius 3 is 2.71 bits per heavy atom. The minimum atomic E-state index is -3.67. The fourth-order valence-electron chi connectivity index (χ4n) is 0.838. The van der Waals surface area contributed by atoms with Gasteiger partial charge in [-0.25, -0.2) is 8.42 Å². The molecule has 0 saturated carbocycles. The van der Waals surface area contributed by atoms with Crippen LogP contribution in [0.25, 0.3) is 10.7 Å². The number of halogens is 1. The second kappa shape index (κ2) is 3.30. The van der Waals surface area contributed by atoms with Crippen molar-refractivity contribution in [1.82, 2.24) is 20.6 Å². The van der Waals surface area contributed by atoms with Gasteiger partial charge in [0.05, 0.1) is 4.88 Å². The highest BCUT2D eigenvalue weighted by Gasteiger charge is 2.15. The summed E-state index contributed by atoms with van der Waals surface area (Å²) in [7, 11) is 1.48. The number of hydrogen-bond acceptors (Lipinski definition) is 6. The average molecular weight is 251 g/mol. The van der Waals surface area contributed by atoms with Gasteiger partial charge in [-0.3, -0.25) is 0 Å². The molecule has 0 aliphatic carbocycles. The number of thiophene rings is 1. The molecule has 0 bridgehead atoms. The van der Waals surface area contributed by atoms with Crippen molar-refractivity contribution >= 4 is 31.1 Å². The predicted molar refractivity (Wildman–Crippen MR) is 50.5 cm³/mol. The van der Waals surface area contributed by atoms with E-state index in [4.69, 9.17) is 10.7 Å². The highest BCUT2D eigenvalue weighted by Crippen LogP contribution is 2.29. The SMILES string of the molecule is O=S(=O)(Cl)c1ccc(-c2nn[nH]n2)s1. The van der Waals surface area contributed by atoms with Crippen molar-refractivity contribution in [2.45, 2.75) is 4.21 Å². The van der Waals surface area contributed by atoms with Crippen LogP contribution in [-0.2, 0) is 9.05 Å². The molecule has 0 aliphatic heterocycles. The summed E-state index contributed by atoms with van der Waals surface area (Å²) in [5.74, 6) is 0.349. The smallest absolute Gasteiger partial charge is 0.206 e. The Bertz CT molecular complexity index is 532. The number of H-pyrrole nitrogens is 1. The molecule has 0 saturated heterocycles. The summed E-state index contributed by atoms with van der Waals surface area (Å²) < 4.78 is 21.9. The van der Waals surface area contributed by atoms with Crippen molar-refractivity contribution in [2.75, 3.05) is 0 Å². The predicted octanol–water partition coefficient (Wildman–Crippen LogP) is 0.856. The molecule has 2 rings (SSSR count). The van der Waals surface area contributed by atoms with Crippen LogP contribution in [0.15, 0.2) is 16.3 Å². The van der Waals surface area contributed by atoms with E-state index in [1.54, 1.807) is 6.07 Å². The molecule has 0 spiro atoms. The molecule has 0 aromatic carbocycles. The first-order chi connectivity index (χ1) is 6.57. The van der Waals surface area contributed by atoms with E-state index in [0.717, 1.165) is 11.3 Å². The van der Waals surface area contributed by atoms with E-state index in [-0.39, 0.29) is 4.21 Å². The lowest BCUT2D eigenvalue weighted by atomic mass is 10.5. The van der Waals surface area contributed by atoms with Gasteiger partial charge in [0, 0.05) is 10.7 Å². The minimum absolute atomic E-state index is 0.0685. The van der Waals surface area contributed by atoms with Crippen LogP contribution in [0, 0.1) is 0 Å². The summed E-state index contributed by atoms with van der Waals surface area (Å²) in [6.45, 7) is 0. The fraction of sp³-hybridized carbons (Fsp3) is 0. The number of nitrogens with zero attached hydrogens (tertiary/aromatic N) is 3. The van der Waals surface area contributed by atoms with Crippen molar-refractivity contribution in [3.63, 3.8) is 0 Å². The maximum Gasteiger partial charge on any atom is 0.270 e. The summed E-state index contributed by atoms with van der Waals surface area (Å²) in [4.78, 5) is 0.595. The van der Waals surface area contributed by atoms with E-state index in [0.29, 0.717) is 10.7 Å². The van der Waals surface area contributed by atoms with Gasteiger partial charge in [-0.15, -0.1) is 21.5 Å². The Balaban J connectivity index is 2.46. The Morgan fingerprint density at radius 1 is 1.43 bits per heavy atom. The molecule has 0 amide bonds. The molecule has 0 atom stereocenters. The monoisotopic (exact) mass is 250 g/mol. The van der Waals surface area contributed by atoms with Crippen molar-refractivity contribution in [3.8, 4) is 10.7 Å². The van der Waals surface area contributed by atoms with E-state index in [9.17, 15) is 8.42 Å². The molecule has 6 nitrogen and oxygen atoms in total. The number of aromatic nitrogens is 4. The Labute approximate surface area is 87.3 Å². The van der Waals surface area contributed by atoms with Crippen molar-refractivity contribution < 1.29 is 8.42 Å². The molecule has 14 heavy (non-hydrogen) atoms. The molecule has 2 heterocycles. The number of nitrogens with one attached hydrogen (secondary N) is 1. The van der Waals surface area contributed by atoms with Gasteiger partial charge in [0.25, 0.3) is 9.05 Å². The van der Waals surface area contributed by atoms with Gasteiger partial charge in [-0.2, -0.15) is 5.21 Å². The van der Waals surface area contributed by atoms with E-state index >= 15 is 0 Å². The highest BCUT2D eigenvalue weighted by molar-refractivity contribution is 8.15. The maximum absolute atomic E-state index is 10.9. The van der Waals surface area contributed by atoms with Gasteiger partial charge in [-0.05, 0) is 17.3 Å². The third kappa shape index (κ3) is 1.76. The average Bonchev–Trinajstić information content (AvgIpc) is 2.73. The minimum Gasteiger partial charge on any atom is -0.206 e. The third-order valence-electron chi connectivity index (χ3n) is 1.39. The summed E-state index contributed by atoms with van der Waals surface area (Å²) in [5.41, 5.74) is 0. The lowest BCUT2D eigenvalue weighted by molar-refractivity contribution is 0.611. The lowest BCUT2D eigenvalue weighted by Crippen LogP contribution is -1.83. The van der Waals surface area contributed by atoms with Gasteiger partial charge in [0.2, 0.25) is 5.82 Å². The molecular weight excluding hydrogens is 248 g/mol. The number of aromatic amines is 1. The molecule has 1 N–H and O–H groups in total. The van der Waals surface area contributed by atoms with Crippen LogP contribution in [0.1, 0.15) is 0 Å². The molecule has 2 aromatic heterocycles. The topological polar surface area (TPSA) is 88.6 Å². The van der Waals surface area contributed by atoms with Gasteiger partial charge in [0.15, 0.2) is 0 Å². The van der Waals surface area contributed by atoms with Gasteiger partial charge >= 0.3 is 0 Å². The van der Waals surface area contributed by atoms with Crippen molar-refractivity contribution in [3.05, 3.63) is 12.1 Å². The third-order valence-corrected chi connectivity index (χ3v) is 4.56. The first-order valence-corrected chi connectivity index (χ1v) is 6.48. The molecule has 0 radical (unpaired) electrons. The van der Waals surface area contributed by atoms with E-state index in [1.165, 1.54) is 6.07 Å². The van der Waals surface area contributed by atoms with E-state index in [1.807, 2.05) is 0 Å². The summed E-state index contributed by atoms with van der Waals surface area (Å²) in [5, 5.41) is 13.0. The van der Waals surface area contributed by atoms with Crippen LogP contribution in [0.4, 0.5) is 0 Å².